The van der Waals surface area contributed by atoms with E-state index in [-0.39, 0.29) is 23.3 Å². The Balaban J connectivity index is 2.27. The molecule has 116 valence electrons. The average Bonchev–Trinajstić information content (AvgIpc) is 2.97. The minimum absolute atomic E-state index is 0.0115. The molecule has 0 unspecified atom stereocenters. The van der Waals surface area contributed by atoms with Gasteiger partial charge in [-0.05, 0) is 19.3 Å². The highest BCUT2D eigenvalue weighted by Crippen LogP contribution is 2.25. The molecular formula is C14H22N4O3. The topological polar surface area (TPSA) is 110 Å². The number of hydrogen-bond acceptors (Lipinski definition) is 4. The molecule has 21 heavy (non-hydrogen) atoms. The molecule has 0 aromatic carbocycles. The zero-order chi connectivity index (χ0) is 15.4. The molecule has 1 heterocycles. The van der Waals surface area contributed by atoms with Crippen molar-refractivity contribution in [1.82, 2.24) is 9.55 Å². The maximum atomic E-state index is 12.3. The molecule has 0 spiro atoms. The molecule has 1 aliphatic rings. The molecule has 1 amide bonds. The maximum Gasteiger partial charge on any atom is 0.330 e. The number of aromatic nitrogens is 2. The van der Waals surface area contributed by atoms with E-state index in [4.69, 9.17) is 5.73 Å². The number of amides is 1. The summed E-state index contributed by atoms with van der Waals surface area (Å²) in [6, 6.07) is 0. The molecule has 0 atom stereocenters. The van der Waals surface area contributed by atoms with Crippen LogP contribution in [-0.2, 0) is 11.3 Å². The number of nitrogens with two attached hydrogens (primary N) is 1. The summed E-state index contributed by atoms with van der Waals surface area (Å²) in [5, 5.41) is 2.60. The van der Waals surface area contributed by atoms with Crippen LogP contribution in [-0.4, -0.2) is 15.5 Å². The van der Waals surface area contributed by atoms with Crippen LogP contribution < -0.4 is 22.3 Å². The van der Waals surface area contributed by atoms with Crippen molar-refractivity contribution in [3.63, 3.8) is 0 Å². The molecule has 4 N–H and O–H groups in total. The van der Waals surface area contributed by atoms with E-state index in [1.807, 2.05) is 6.92 Å². The van der Waals surface area contributed by atoms with Crippen molar-refractivity contribution in [1.29, 1.82) is 0 Å². The predicted molar refractivity (Wildman–Crippen MR) is 81.2 cm³/mol. The van der Waals surface area contributed by atoms with Gasteiger partial charge in [0.1, 0.15) is 11.5 Å². The number of nitrogens with one attached hydrogen (secondary N) is 2. The summed E-state index contributed by atoms with van der Waals surface area (Å²) >= 11 is 0. The van der Waals surface area contributed by atoms with Crippen LogP contribution in [0.4, 0.5) is 11.5 Å². The van der Waals surface area contributed by atoms with Crippen LogP contribution in [0.15, 0.2) is 9.59 Å². The number of unbranched alkanes of at least 4 members (excludes halogenated alkanes) is 1. The number of nitrogen functional groups attached to an aromatic ring is 1. The molecule has 2 rings (SSSR count). The number of carbonyl (C=O) groups is 1. The smallest absolute Gasteiger partial charge is 0.330 e. The molecule has 0 radical (unpaired) electrons. The number of hydrogen-bond donors (Lipinski definition) is 3. The summed E-state index contributed by atoms with van der Waals surface area (Å²) < 4.78 is 1.09. The van der Waals surface area contributed by atoms with E-state index in [0.29, 0.717) is 13.0 Å². The molecule has 1 saturated carbocycles. The molecule has 1 aromatic heterocycles. The van der Waals surface area contributed by atoms with Gasteiger partial charge in [-0.3, -0.25) is 19.1 Å². The van der Waals surface area contributed by atoms with E-state index < -0.39 is 11.2 Å². The van der Waals surface area contributed by atoms with Crippen LogP contribution in [0, 0.1) is 5.92 Å². The Labute approximate surface area is 122 Å². The third-order valence-electron chi connectivity index (χ3n) is 3.92. The van der Waals surface area contributed by atoms with Crippen LogP contribution in [0.3, 0.4) is 0 Å². The van der Waals surface area contributed by atoms with E-state index in [1.165, 1.54) is 0 Å². The minimum atomic E-state index is -0.537. The summed E-state index contributed by atoms with van der Waals surface area (Å²) in [6.45, 7) is 2.29. The SMILES string of the molecule is CCCCn1c(=O)[nH]c(N)c(NC(=O)C2CCCC2)c1=O. The lowest BCUT2D eigenvalue weighted by Gasteiger charge is -2.13. The number of nitrogens with zero attached hydrogens (tertiary/aromatic N) is 1. The fourth-order valence-corrected chi connectivity index (χ4v) is 2.64. The highest BCUT2D eigenvalue weighted by molar-refractivity contribution is 5.94. The summed E-state index contributed by atoms with van der Waals surface area (Å²) in [4.78, 5) is 38.6. The third-order valence-corrected chi connectivity index (χ3v) is 3.92. The second-order valence-electron chi connectivity index (χ2n) is 5.50. The Morgan fingerprint density at radius 3 is 2.67 bits per heavy atom. The summed E-state index contributed by atoms with van der Waals surface area (Å²) in [5.41, 5.74) is 4.60. The Morgan fingerprint density at radius 1 is 1.38 bits per heavy atom. The number of rotatable bonds is 5. The van der Waals surface area contributed by atoms with Gasteiger partial charge in [-0.2, -0.15) is 0 Å². The van der Waals surface area contributed by atoms with Gasteiger partial charge in [0.05, 0.1) is 0 Å². The molecule has 0 saturated heterocycles. The predicted octanol–water partition coefficient (Wildman–Crippen LogP) is 1.05. The van der Waals surface area contributed by atoms with Crippen molar-refractivity contribution < 1.29 is 4.79 Å². The van der Waals surface area contributed by atoms with Gasteiger partial charge >= 0.3 is 5.69 Å². The van der Waals surface area contributed by atoms with E-state index in [2.05, 4.69) is 10.3 Å². The molecular weight excluding hydrogens is 272 g/mol. The average molecular weight is 294 g/mol. The number of anilines is 2. The van der Waals surface area contributed by atoms with Crippen LogP contribution in [0.2, 0.25) is 0 Å². The van der Waals surface area contributed by atoms with Gasteiger partial charge in [-0.1, -0.05) is 26.2 Å². The first-order chi connectivity index (χ1) is 10.0. The summed E-state index contributed by atoms with van der Waals surface area (Å²) in [5.74, 6) is -0.339. The molecule has 7 nitrogen and oxygen atoms in total. The van der Waals surface area contributed by atoms with E-state index >= 15 is 0 Å². The highest BCUT2D eigenvalue weighted by atomic mass is 16.2. The first-order valence-corrected chi connectivity index (χ1v) is 7.48. The first kappa shape index (κ1) is 15.3. The Hall–Kier alpha value is -2.05. The second kappa shape index (κ2) is 6.60. The quantitative estimate of drug-likeness (QED) is 0.753. The fourth-order valence-electron chi connectivity index (χ4n) is 2.64. The second-order valence-corrected chi connectivity index (χ2v) is 5.50. The van der Waals surface area contributed by atoms with Gasteiger partial charge in [0.15, 0.2) is 0 Å². The van der Waals surface area contributed by atoms with Crippen LogP contribution in [0.1, 0.15) is 45.4 Å². The molecule has 1 aromatic rings. The van der Waals surface area contributed by atoms with E-state index in [1.54, 1.807) is 0 Å². The van der Waals surface area contributed by atoms with Gasteiger partial charge in [-0.25, -0.2) is 4.79 Å². The molecule has 0 aliphatic heterocycles. The lowest BCUT2D eigenvalue weighted by atomic mass is 10.1. The zero-order valence-electron chi connectivity index (χ0n) is 12.3. The van der Waals surface area contributed by atoms with Crippen molar-refractivity contribution in [3.8, 4) is 0 Å². The molecule has 0 bridgehead atoms. The van der Waals surface area contributed by atoms with Gasteiger partial charge in [0.2, 0.25) is 5.91 Å². The van der Waals surface area contributed by atoms with Crippen molar-refractivity contribution in [2.75, 3.05) is 11.1 Å². The van der Waals surface area contributed by atoms with Crippen LogP contribution in [0.5, 0.6) is 0 Å². The summed E-state index contributed by atoms with van der Waals surface area (Å²) in [7, 11) is 0. The normalized spacial score (nSPS) is 15.3. The molecule has 1 aliphatic carbocycles. The molecule has 7 heteroatoms. The van der Waals surface area contributed by atoms with Crippen molar-refractivity contribution >= 4 is 17.4 Å². The van der Waals surface area contributed by atoms with Gasteiger partial charge < -0.3 is 11.1 Å². The van der Waals surface area contributed by atoms with Crippen LogP contribution >= 0.6 is 0 Å². The Kier molecular flexibility index (Phi) is 4.82. The minimum Gasteiger partial charge on any atom is -0.383 e. The monoisotopic (exact) mass is 294 g/mol. The van der Waals surface area contributed by atoms with Crippen molar-refractivity contribution in [2.45, 2.75) is 52.0 Å². The Bertz CT molecular complexity index is 626. The van der Waals surface area contributed by atoms with Crippen molar-refractivity contribution in [2.24, 2.45) is 5.92 Å². The van der Waals surface area contributed by atoms with Crippen molar-refractivity contribution in [3.05, 3.63) is 20.8 Å². The lowest BCUT2D eigenvalue weighted by molar-refractivity contribution is -0.119. The van der Waals surface area contributed by atoms with E-state index in [0.717, 1.165) is 36.7 Å². The number of carbonyl (C=O) groups excluding carboxylic acids is 1. The standard InChI is InChI=1S/C14H22N4O3/c1-2-3-8-18-13(20)10(11(15)17-14(18)21)16-12(19)9-6-4-5-7-9/h9H,2-8,15H2,1H3,(H,16,19)(H,17,21). The Morgan fingerprint density at radius 2 is 2.05 bits per heavy atom. The van der Waals surface area contributed by atoms with Gasteiger partial charge in [0, 0.05) is 12.5 Å². The lowest BCUT2D eigenvalue weighted by Crippen LogP contribution is -2.39. The van der Waals surface area contributed by atoms with Gasteiger partial charge in [-0.15, -0.1) is 0 Å². The third kappa shape index (κ3) is 3.34. The summed E-state index contributed by atoms with van der Waals surface area (Å²) in [6.07, 6.45) is 5.29. The fraction of sp³-hybridized carbons (Fsp3) is 0.643. The molecule has 1 fully saturated rings. The van der Waals surface area contributed by atoms with E-state index in [9.17, 15) is 14.4 Å². The number of aromatic amines is 1. The van der Waals surface area contributed by atoms with Gasteiger partial charge in [0.25, 0.3) is 5.56 Å². The van der Waals surface area contributed by atoms with Crippen LogP contribution in [0.25, 0.3) is 0 Å². The zero-order valence-corrected chi connectivity index (χ0v) is 12.3. The maximum absolute atomic E-state index is 12.3. The largest absolute Gasteiger partial charge is 0.383 e. The first-order valence-electron chi connectivity index (χ1n) is 7.48. The number of H-pyrrole nitrogens is 1. The highest BCUT2D eigenvalue weighted by Gasteiger charge is 2.24.